The highest BCUT2D eigenvalue weighted by Crippen LogP contribution is 2.15. The van der Waals surface area contributed by atoms with E-state index >= 15 is 0 Å². The first kappa shape index (κ1) is 12.8. The Kier molecular flexibility index (Phi) is 5.08. The Hall–Kier alpha value is -1.26. The number of likely N-dealkylation sites (N-methyl/N-ethyl adjacent to an activating group) is 1. The molecule has 0 saturated carbocycles. The number of halogens is 1. The summed E-state index contributed by atoms with van der Waals surface area (Å²) in [4.78, 5) is 10.7. The molecule has 0 amide bonds. The van der Waals surface area contributed by atoms with Crippen LogP contribution in [0.3, 0.4) is 0 Å². The van der Waals surface area contributed by atoms with Crippen molar-refractivity contribution in [1.82, 2.24) is 5.32 Å². The Labute approximate surface area is 99.2 Å². The molecular formula is C11H14ClNO3. The SMILES string of the molecule is CNC(CCOc1ccc(Cl)cc1)C(=O)O. The summed E-state index contributed by atoms with van der Waals surface area (Å²) in [5.41, 5.74) is 0. The molecule has 1 aromatic rings. The van der Waals surface area contributed by atoms with Gasteiger partial charge >= 0.3 is 5.97 Å². The Bertz CT molecular complexity index is 340. The maximum absolute atomic E-state index is 10.7. The minimum Gasteiger partial charge on any atom is -0.494 e. The van der Waals surface area contributed by atoms with Gasteiger partial charge in [0.15, 0.2) is 0 Å². The first-order chi connectivity index (χ1) is 7.63. The van der Waals surface area contributed by atoms with Crippen LogP contribution in [0.4, 0.5) is 0 Å². The molecule has 1 atom stereocenters. The fourth-order valence-electron chi connectivity index (χ4n) is 1.22. The number of rotatable bonds is 6. The standard InChI is InChI=1S/C11H14ClNO3/c1-13-10(11(14)15)6-7-16-9-4-2-8(12)3-5-9/h2-5,10,13H,6-7H2,1H3,(H,14,15). The van der Waals surface area contributed by atoms with Crippen molar-refractivity contribution in [3.63, 3.8) is 0 Å². The summed E-state index contributed by atoms with van der Waals surface area (Å²) in [6.07, 6.45) is 0.411. The number of nitrogens with one attached hydrogen (secondary N) is 1. The molecule has 0 fully saturated rings. The van der Waals surface area contributed by atoms with Crippen LogP contribution < -0.4 is 10.1 Å². The van der Waals surface area contributed by atoms with E-state index in [-0.39, 0.29) is 0 Å². The highest BCUT2D eigenvalue weighted by molar-refractivity contribution is 6.30. The van der Waals surface area contributed by atoms with E-state index in [0.717, 1.165) is 0 Å². The molecule has 16 heavy (non-hydrogen) atoms. The number of hydrogen-bond donors (Lipinski definition) is 2. The number of carbonyl (C=O) groups is 1. The first-order valence-corrected chi connectivity index (χ1v) is 5.29. The topological polar surface area (TPSA) is 58.6 Å². The molecule has 1 rings (SSSR count). The van der Waals surface area contributed by atoms with Crippen LogP contribution in [0.1, 0.15) is 6.42 Å². The summed E-state index contributed by atoms with van der Waals surface area (Å²) >= 11 is 5.72. The van der Waals surface area contributed by atoms with Gasteiger partial charge < -0.3 is 15.2 Å². The van der Waals surface area contributed by atoms with Crippen molar-refractivity contribution in [2.45, 2.75) is 12.5 Å². The molecule has 0 bridgehead atoms. The van der Waals surface area contributed by atoms with E-state index in [4.69, 9.17) is 21.4 Å². The molecule has 0 aromatic heterocycles. The number of ether oxygens (including phenoxy) is 1. The second kappa shape index (κ2) is 6.35. The van der Waals surface area contributed by atoms with E-state index in [0.29, 0.717) is 23.8 Å². The zero-order valence-electron chi connectivity index (χ0n) is 8.94. The summed E-state index contributed by atoms with van der Waals surface area (Å²) < 4.78 is 5.38. The highest BCUT2D eigenvalue weighted by Gasteiger charge is 2.14. The molecule has 0 heterocycles. The largest absolute Gasteiger partial charge is 0.494 e. The second-order valence-electron chi connectivity index (χ2n) is 3.27. The van der Waals surface area contributed by atoms with Gasteiger partial charge in [-0.25, -0.2) is 0 Å². The van der Waals surface area contributed by atoms with E-state index < -0.39 is 12.0 Å². The maximum atomic E-state index is 10.7. The fraction of sp³-hybridized carbons (Fsp3) is 0.364. The lowest BCUT2D eigenvalue weighted by Gasteiger charge is -2.11. The van der Waals surface area contributed by atoms with E-state index in [9.17, 15) is 4.79 Å². The molecule has 0 saturated heterocycles. The van der Waals surface area contributed by atoms with Crippen LogP contribution in [0, 0.1) is 0 Å². The number of hydrogen-bond acceptors (Lipinski definition) is 3. The Balaban J connectivity index is 2.35. The number of carboxylic acid groups (broad SMARTS) is 1. The lowest BCUT2D eigenvalue weighted by molar-refractivity contribution is -0.139. The molecule has 2 N–H and O–H groups in total. The van der Waals surface area contributed by atoms with Crippen molar-refractivity contribution in [2.75, 3.05) is 13.7 Å². The van der Waals surface area contributed by atoms with Gasteiger partial charge in [-0.05, 0) is 31.3 Å². The molecule has 4 nitrogen and oxygen atoms in total. The number of aliphatic carboxylic acids is 1. The molecule has 0 aliphatic carbocycles. The zero-order valence-corrected chi connectivity index (χ0v) is 9.70. The molecule has 5 heteroatoms. The van der Waals surface area contributed by atoms with Crippen molar-refractivity contribution in [1.29, 1.82) is 0 Å². The van der Waals surface area contributed by atoms with Crippen LogP contribution in [0.5, 0.6) is 5.75 Å². The summed E-state index contributed by atoms with van der Waals surface area (Å²) in [6.45, 7) is 0.347. The van der Waals surface area contributed by atoms with Crippen LogP contribution in [-0.4, -0.2) is 30.8 Å². The minimum absolute atomic E-state index is 0.347. The molecule has 88 valence electrons. The molecular weight excluding hydrogens is 230 g/mol. The van der Waals surface area contributed by atoms with Crippen LogP contribution in [0.15, 0.2) is 24.3 Å². The minimum atomic E-state index is -0.873. The average molecular weight is 244 g/mol. The number of carboxylic acids is 1. The Morgan fingerprint density at radius 3 is 2.62 bits per heavy atom. The van der Waals surface area contributed by atoms with Gasteiger partial charge in [-0.1, -0.05) is 11.6 Å². The molecule has 1 aromatic carbocycles. The van der Waals surface area contributed by atoms with Crippen LogP contribution in [0.25, 0.3) is 0 Å². The normalized spacial score (nSPS) is 12.1. The molecule has 0 aliphatic heterocycles. The van der Waals surface area contributed by atoms with E-state index in [1.165, 1.54) is 0 Å². The molecule has 0 aliphatic rings. The van der Waals surface area contributed by atoms with Crippen molar-refractivity contribution in [2.24, 2.45) is 0 Å². The van der Waals surface area contributed by atoms with Gasteiger partial charge in [0.2, 0.25) is 0 Å². The predicted octanol–water partition coefficient (Wildman–Crippen LogP) is 1.78. The van der Waals surface area contributed by atoms with E-state index in [1.807, 2.05) is 0 Å². The third-order valence-corrected chi connectivity index (χ3v) is 2.39. The summed E-state index contributed by atoms with van der Waals surface area (Å²) in [6, 6.07) is 6.37. The fourth-order valence-corrected chi connectivity index (χ4v) is 1.34. The molecule has 0 spiro atoms. The van der Waals surface area contributed by atoms with Gasteiger partial charge in [0.1, 0.15) is 11.8 Å². The van der Waals surface area contributed by atoms with Gasteiger partial charge in [-0.15, -0.1) is 0 Å². The average Bonchev–Trinajstić information content (AvgIpc) is 2.26. The van der Waals surface area contributed by atoms with Crippen LogP contribution >= 0.6 is 11.6 Å². The summed E-state index contributed by atoms with van der Waals surface area (Å²) in [5, 5.41) is 12.1. The lowest BCUT2D eigenvalue weighted by atomic mass is 10.2. The van der Waals surface area contributed by atoms with Gasteiger partial charge in [0.05, 0.1) is 6.61 Å². The quantitative estimate of drug-likeness (QED) is 0.800. The van der Waals surface area contributed by atoms with E-state index in [1.54, 1.807) is 31.3 Å². The Morgan fingerprint density at radius 1 is 1.50 bits per heavy atom. The van der Waals surface area contributed by atoms with Crippen molar-refractivity contribution < 1.29 is 14.6 Å². The lowest BCUT2D eigenvalue weighted by Crippen LogP contribution is -2.35. The third-order valence-electron chi connectivity index (χ3n) is 2.14. The Morgan fingerprint density at radius 2 is 2.12 bits per heavy atom. The van der Waals surface area contributed by atoms with E-state index in [2.05, 4.69) is 5.32 Å². The van der Waals surface area contributed by atoms with Crippen LogP contribution in [-0.2, 0) is 4.79 Å². The van der Waals surface area contributed by atoms with Gasteiger partial charge in [0.25, 0.3) is 0 Å². The molecule has 1 unspecified atom stereocenters. The van der Waals surface area contributed by atoms with Gasteiger partial charge in [0, 0.05) is 11.4 Å². The monoisotopic (exact) mass is 243 g/mol. The summed E-state index contributed by atoms with van der Waals surface area (Å²) in [7, 11) is 1.61. The number of benzene rings is 1. The molecule has 0 radical (unpaired) electrons. The van der Waals surface area contributed by atoms with Crippen LogP contribution in [0.2, 0.25) is 5.02 Å². The van der Waals surface area contributed by atoms with Gasteiger partial charge in [-0.3, -0.25) is 4.79 Å². The van der Waals surface area contributed by atoms with Crippen molar-refractivity contribution in [3.05, 3.63) is 29.3 Å². The zero-order chi connectivity index (χ0) is 12.0. The second-order valence-corrected chi connectivity index (χ2v) is 3.71. The smallest absolute Gasteiger partial charge is 0.320 e. The predicted molar refractivity (Wildman–Crippen MR) is 62.0 cm³/mol. The van der Waals surface area contributed by atoms with Crippen molar-refractivity contribution in [3.8, 4) is 5.75 Å². The van der Waals surface area contributed by atoms with Gasteiger partial charge in [-0.2, -0.15) is 0 Å². The van der Waals surface area contributed by atoms with Crippen molar-refractivity contribution >= 4 is 17.6 Å². The highest BCUT2D eigenvalue weighted by atomic mass is 35.5. The maximum Gasteiger partial charge on any atom is 0.320 e. The third kappa shape index (κ3) is 4.08. The first-order valence-electron chi connectivity index (χ1n) is 4.92. The summed E-state index contributed by atoms with van der Waals surface area (Å²) in [5.74, 6) is -0.188.